The maximum atomic E-state index is 12.3. The van der Waals surface area contributed by atoms with Crippen molar-refractivity contribution in [2.75, 3.05) is 5.32 Å². The number of aromatic nitrogens is 3. The van der Waals surface area contributed by atoms with Gasteiger partial charge in [-0.3, -0.25) is 9.48 Å². The van der Waals surface area contributed by atoms with Crippen LogP contribution in [0.25, 0.3) is 0 Å². The van der Waals surface area contributed by atoms with E-state index in [1.54, 1.807) is 25.1 Å². The molecule has 0 fully saturated rings. The highest BCUT2D eigenvalue weighted by Crippen LogP contribution is 2.27. The van der Waals surface area contributed by atoms with E-state index in [1.807, 2.05) is 0 Å². The Balaban J connectivity index is 2.00. The van der Waals surface area contributed by atoms with Crippen LogP contribution in [0.1, 0.15) is 11.4 Å². The van der Waals surface area contributed by atoms with Crippen molar-refractivity contribution in [1.82, 2.24) is 14.8 Å². The van der Waals surface area contributed by atoms with Crippen LogP contribution in [-0.4, -0.2) is 20.7 Å². The molecule has 2 heterocycles. The largest absolute Gasteiger partial charge is 0.435 e. The van der Waals surface area contributed by atoms with Crippen molar-refractivity contribution in [3.05, 3.63) is 41.9 Å². The third-order valence-electron chi connectivity index (χ3n) is 2.39. The normalized spacial score (nSPS) is 11.4. The zero-order valence-corrected chi connectivity index (χ0v) is 10.5. The lowest BCUT2D eigenvalue weighted by atomic mass is 10.4. The molecule has 20 heavy (non-hydrogen) atoms. The summed E-state index contributed by atoms with van der Waals surface area (Å²) in [5.74, 6) is -0.155. The zero-order valence-electron chi connectivity index (χ0n) is 10.5. The Bertz CT molecular complexity index is 621. The molecule has 0 atom stereocenters. The second-order valence-electron chi connectivity index (χ2n) is 4.11. The van der Waals surface area contributed by atoms with E-state index in [4.69, 9.17) is 0 Å². The minimum absolute atomic E-state index is 0.314. The maximum absolute atomic E-state index is 12.3. The van der Waals surface area contributed by atoms with Gasteiger partial charge in [0.1, 0.15) is 12.4 Å². The van der Waals surface area contributed by atoms with Crippen molar-refractivity contribution in [1.29, 1.82) is 0 Å². The number of amides is 1. The summed E-state index contributed by atoms with van der Waals surface area (Å²) in [5.41, 5.74) is -0.305. The predicted octanol–water partition coefficient (Wildman–Crippen LogP) is 2.24. The first-order valence-corrected chi connectivity index (χ1v) is 5.69. The molecule has 2 aromatic rings. The van der Waals surface area contributed by atoms with E-state index in [0.717, 1.165) is 22.6 Å². The van der Waals surface area contributed by atoms with Crippen LogP contribution in [-0.2, 0) is 17.5 Å². The van der Waals surface area contributed by atoms with Crippen molar-refractivity contribution in [2.45, 2.75) is 19.6 Å². The van der Waals surface area contributed by atoms with Gasteiger partial charge in [-0.05, 0) is 25.1 Å². The highest BCUT2D eigenvalue weighted by atomic mass is 19.4. The van der Waals surface area contributed by atoms with Gasteiger partial charge in [-0.25, -0.2) is 4.98 Å². The van der Waals surface area contributed by atoms with E-state index in [1.165, 1.54) is 0 Å². The Morgan fingerprint density at radius 3 is 2.70 bits per heavy atom. The molecule has 2 aromatic heterocycles. The van der Waals surface area contributed by atoms with E-state index >= 15 is 0 Å². The van der Waals surface area contributed by atoms with Crippen molar-refractivity contribution >= 4 is 11.7 Å². The summed E-state index contributed by atoms with van der Waals surface area (Å²) in [6.45, 7) is 1.45. The van der Waals surface area contributed by atoms with Gasteiger partial charge in [-0.1, -0.05) is 6.07 Å². The number of alkyl halides is 3. The molecule has 0 spiro atoms. The average Bonchev–Trinajstić information content (AvgIpc) is 2.76. The number of anilines is 1. The second kappa shape index (κ2) is 5.32. The standard InChI is InChI=1S/C12H11F3N4O/c1-8-3-2-4-10(16-8)17-11(20)7-19-6-5-9(18-19)12(13,14)15/h2-6H,7H2,1H3,(H,16,17,20). The summed E-state index contributed by atoms with van der Waals surface area (Å²) >= 11 is 0. The van der Waals surface area contributed by atoms with Gasteiger partial charge in [0.2, 0.25) is 5.91 Å². The number of pyridine rings is 1. The predicted molar refractivity (Wildman–Crippen MR) is 64.8 cm³/mol. The van der Waals surface area contributed by atoms with Crippen LogP contribution in [0, 0.1) is 6.92 Å². The first-order valence-electron chi connectivity index (χ1n) is 5.69. The highest BCUT2D eigenvalue weighted by Gasteiger charge is 2.33. The van der Waals surface area contributed by atoms with Crippen LogP contribution in [0.3, 0.4) is 0 Å². The van der Waals surface area contributed by atoms with E-state index in [-0.39, 0.29) is 6.54 Å². The number of halogens is 3. The van der Waals surface area contributed by atoms with Crippen LogP contribution in [0.5, 0.6) is 0 Å². The van der Waals surface area contributed by atoms with Gasteiger partial charge >= 0.3 is 6.18 Å². The molecule has 0 unspecified atom stereocenters. The average molecular weight is 284 g/mol. The van der Waals surface area contributed by atoms with Crippen molar-refractivity contribution in [3.8, 4) is 0 Å². The Morgan fingerprint density at radius 2 is 2.10 bits per heavy atom. The highest BCUT2D eigenvalue weighted by molar-refractivity contribution is 5.89. The Labute approximate surface area is 112 Å². The minimum atomic E-state index is -4.51. The van der Waals surface area contributed by atoms with Crippen molar-refractivity contribution in [2.24, 2.45) is 0 Å². The molecular formula is C12H11F3N4O. The van der Waals surface area contributed by atoms with E-state index in [2.05, 4.69) is 15.4 Å². The van der Waals surface area contributed by atoms with Gasteiger partial charge in [0.15, 0.2) is 5.69 Å². The van der Waals surface area contributed by atoms with Gasteiger partial charge in [0, 0.05) is 11.9 Å². The fourth-order valence-electron chi connectivity index (χ4n) is 1.54. The summed E-state index contributed by atoms with van der Waals surface area (Å²) in [6.07, 6.45) is -3.41. The minimum Gasteiger partial charge on any atom is -0.309 e. The Hall–Kier alpha value is -2.38. The van der Waals surface area contributed by atoms with Gasteiger partial charge in [0.05, 0.1) is 0 Å². The summed E-state index contributed by atoms with van der Waals surface area (Å²) in [7, 11) is 0. The van der Waals surface area contributed by atoms with Crippen LogP contribution in [0.4, 0.5) is 19.0 Å². The molecule has 1 amide bonds. The van der Waals surface area contributed by atoms with Crippen LogP contribution >= 0.6 is 0 Å². The molecular weight excluding hydrogens is 273 g/mol. The van der Waals surface area contributed by atoms with Gasteiger partial charge < -0.3 is 5.32 Å². The van der Waals surface area contributed by atoms with E-state index in [0.29, 0.717) is 5.82 Å². The SMILES string of the molecule is Cc1cccc(NC(=O)Cn2ccc(C(F)(F)F)n2)n1. The first kappa shape index (κ1) is 14.0. The first-order chi connectivity index (χ1) is 9.34. The summed E-state index contributed by atoms with van der Waals surface area (Å²) in [5, 5.41) is 5.78. The third kappa shape index (κ3) is 3.56. The number of rotatable bonds is 3. The van der Waals surface area contributed by atoms with Crippen LogP contribution in [0.2, 0.25) is 0 Å². The number of nitrogens with one attached hydrogen (secondary N) is 1. The fourth-order valence-corrected chi connectivity index (χ4v) is 1.54. The lowest BCUT2D eigenvalue weighted by Crippen LogP contribution is -2.20. The van der Waals surface area contributed by atoms with E-state index < -0.39 is 17.8 Å². The number of hydrogen-bond acceptors (Lipinski definition) is 3. The van der Waals surface area contributed by atoms with Gasteiger partial charge in [0.25, 0.3) is 0 Å². The molecule has 5 nitrogen and oxygen atoms in total. The van der Waals surface area contributed by atoms with Crippen LogP contribution in [0.15, 0.2) is 30.5 Å². The summed E-state index contributed by atoms with van der Waals surface area (Å²) in [6, 6.07) is 5.89. The fraction of sp³-hybridized carbons (Fsp3) is 0.250. The molecule has 106 valence electrons. The van der Waals surface area contributed by atoms with Gasteiger partial charge in [-0.2, -0.15) is 18.3 Å². The van der Waals surface area contributed by atoms with Crippen molar-refractivity contribution < 1.29 is 18.0 Å². The molecule has 0 aliphatic heterocycles. The van der Waals surface area contributed by atoms with E-state index in [9.17, 15) is 18.0 Å². The molecule has 0 bridgehead atoms. The van der Waals surface area contributed by atoms with Crippen molar-refractivity contribution in [3.63, 3.8) is 0 Å². The molecule has 0 radical (unpaired) electrons. The zero-order chi connectivity index (χ0) is 14.8. The second-order valence-corrected chi connectivity index (χ2v) is 4.11. The Morgan fingerprint density at radius 1 is 1.35 bits per heavy atom. The number of aryl methyl sites for hydroxylation is 1. The molecule has 1 N–H and O–H groups in total. The molecule has 8 heteroatoms. The lowest BCUT2D eigenvalue weighted by Gasteiger charge is -2.05. The smallest absolute Gasteiger partial charge is 0.309 e. The Kier molecular flexibility index (Phi) is 3.73. The molecule has 2 rings (SSSR count). The van der Waals surface area contributed by atoms with Gasteiger partial charge in [-0.15, -0.1) is 0 Å². The number of nitrogens with zero attached hydrogens (tertiary/aromatic N) is 3. The molecule has 0 aliphatic rings. The third-order valence-corrected chi connectivity index (χ3v) is 2.39. The number of carbonyl (C=O) groups excluding carboxylic acids is 1. The lowest BCUT2D eigenvalue weighted by molar-refractivity contribution is -0.141. The monoisotopic (exact) mass is 284 g/mol. The topological polar surface area (TPSA) is 59.8 Å². The number of carbonyl (C=O) groups is 1. The quantitative estimate of drug-likeness (QED) is 0.940. The molecule has 0 saturated heterocycles. The molecule has 0 saturated carbocycles. The summed E-state index contributed by atoms with van der Waals surface area (Å²) < 4.78 is 38.0. The molecule has 0 aromatic carbocycles. The summed E-state index contributed by atoms with van der Waals surface area (Å²) in [4.78, 5) is 15.7. The van der Waals surface area contributed by atoms with Crippen LogP contribution < -0.4 is 5.32 Å². The number of hydrogen-bond donors (Lipinski definition) is 1. The maximum Gasteiger partial charge on any atom is 0.435 e. The molecule has 0 aliphatic carbocycles.